The predicted octanol–water partition coefficient (Wildman–Crippen LogP) is 1.58. The predicted molar refractivity (Wildman–Crippen MR) is 82.7 cm³/mol. The van der Waals surface area contributed by atoms with Gasteiger partial charge in [-0.05, 0) is 26.1 Å². The molecule has 5 heteroatoms. The molecule has 1 atom stereocenters. The highest BCUT2D eigenvalue weighted by Gasteiger charge is 2.18. The van der Waals surface area contributed by atoms with Gasteiger partial charge in [-0.25, -0.2) is 0 Å². The third-order valence-corrected chi connectivity index (χ3v) is 3.18. The fourth-order valence-corrected chi connectivity index (χ4v) is 2.17. The van der Waals surface area contributed by atoms with Crippen molar-refractivity contribution >= 4 is 11.7 Å². The van der Waals surface area contributed by atoms with Crippen molar-refractivity contribution < 1.29 is 14.3 Å². The Morgan fingerprint density at radius 3 is 2.62 bits per heavy atom. The van der Waals surface area contributed by atoms with Gasteiger partial charge in [0.2, 0.25) is 5.91 Å². The van der Waals surface area contributed by atoms with Crippen LogP contribution in [-0.4, -0.2) is 50.4 Å². The van der Waals surface area contributed by atoms with Crippen LogP contribution < -0.4 is 10.1 Å². The van der Waals surface area contributed by atoms with Crippen LogP contribution in [0.15, 0.2) is 24.3 Å². The van der Waals surface area contributed by atoms with Crippen LogP contribution in [0.1, 0.15) is 24.2 Å². The maximum atomic E-state index is 12.3. The molecule has 5 nitrogen and oxygen atoms in total. The summed E-state index contributed by atoms with van der Waals surface area (Å²) < 4.78 is 5.47. The quantitative estimate of drug-likeness (QED) is 0.739. The molecule has 1 N–H and O–H groups in total. The molecule has 0 aromatic heterocycles. The van der Waals surface area contributed by atoms with Crippen molar-refractivity contribution in [3.63, 3.8) is 0 Å². The Hall–Kier alpha value is -1.88. The highest BCUT2D eigenvalue weighted by molar-refractivity contribution is 6.00. The van der Waals surface area contributed by atoms with E-state index in [9.17, 15) is 9.59 Å². The first kappa shape index (κ1) is 17.2. The zero-order chi connectivity index (χ0) is 15.8. The average Bonchev–Trinajstić information content (AvgIpc) is 2.46. The molecular weight excluding hydrogens is 268 g/mol. The second kappa shape index (κ2) is 8.42. The van der Waals surface area contributed by atoms with E-state index >= 15 is 0 Å². The van der Waals surface area contributed by atoms with Crippen LogP contribution in [0.3, 0.4) is 0 Å². The molecule has 0 saturated heterocycles. The number of ketones is 1. The molecule has 0 heterocycles. The minimum atomic E-state index is -0.157. The Morgan fingerprint density at radius 2 is 2.00 bits per heavy atom. The number of nitrogens with zero attached hydrogens (tertiary/aromatic N) is 1. The van der Waals surface area contributed by atoms with Crippen molar-refractivity contribution in [3.05, 3.63) is 29.8 Å². The molecule has 116 valence electrons. The summed E-state index contributed by atoms with van der Waals surface area (Å²) in [6.45, 7) is 5.04. The molecule has 0 aliphatic heterocycles. The minimum Gasteiger partial charge on any atom is -0.493 e. The number of rotatable bonds is 8. The molecule has 1 amide bonds. The fraction of sp³-hybridized carbons (Fsp3) is 0.500. The van der Waals surface area contributed by atoms with Gasteiger partial charge in [-0.1, -0.05) is 19.1 Å². The van der Waals surface area contributed by atoms with Gasteiger partial charge in [0.25, 0.3) is 0 Å². The molecule has 1 unspecified atom stereocenters. The minimum absolute atomic E-state index is 0.00865. The van der Waals surface area contributed by atoms with E-state index in [1.807, 2.05) is 37.9 Å². The van der Waals surface area contributed by atoms with Crippen LogP contribution in [0.25, 0.3) is 0 Å². The van der Waals surface area contributed by atoms with Crippen LogP contribution in [0.4, 0.5) is 0 Å². The maximum absolute atomic E-state index is 12.3. The van der Waals surface area contributed by atoms with Gasteiger partial charge in [-0.2, -0.15) is 0 Å². The summed E-state index contributed by atoms with van der Waals surface area (Å²) >= 11 is 0. The number of hydrogen-bond donors (Lipinski definition) is 1. The third-order valence-electron chi connectivity index (χ3n) is 3.18. The van der Waals surface area contributed by atoms with E-state index in [2.05, 4.69) is 5.32 Å². The summed E-state index contributed by atoms with van der Waals surface area (Å²) in [4.78, 5) is 25.7. The van der Waals surface area contributed by atoms with Crippen LogP contribution >= 0.6 is 0 Å². The molecule has 21 heavy (non-hydrogen) atoms. The summed E-state index contributed by atoms with van der Waals surface area (Å²) in [5, 5.41) is 2.61. The van der Waals surface area contributed by atoms with Crippen molar-refractivity contribution in [3.8, 4) is 5.75 Å². The van der Waals surface area contributed by atoms with Crippen molar-refractivity contribution in [1.29, 1.82) is 0 Å². The zero-order valence-corrected chi connectivity index (χ0v) is 13.2. The molecule has 0 spiro atoms. The van der Waals surface area contributed by atoms with Gasteiger partial charge in [0.15, 0.2) is 5.78 Å². The van der Waals surface area contributed by atoms with Gasteiger partial charge in [0, 0.05) is 19.5 Å². The van der Waals surface area contributed by atoms with E-state index in [1.165, 1.54) is 0 Å². The Labute approximate surface area is 126 Å². The number of benzene rings is 1. The van der Waals surface area contributed by atoms with E-state index in [0.29, 0.717) is 24.5 Å². The van der Waals surface area contributed by atoms with E-state index in [4.69, 9.17) is 4.74 Å². The lowest BCUT2D eigenvalue weighted by atomic mass is 10.1. The highest BCUT2D eigenvalue weighted by atomic mass is 16.5. The Kier molecular flexibility index (Phi) is 6.88. The maximum Gasteiger partial charge on any atom is 0.223 e. The number of ether oxygens (including phenoxy) is 1. The van der Waals surface area contributed by atoms with Crippen molar-refractivity contribution in [1.82, 2.24) is 10.2 Å². The Morgan fingerprint density at radius 1 is 1.33 bits per heavy atom. The van der Waals surface area contributed by atoms with Crippen molar-refractivity contribution in [2.24, 2.45) is 5.92 Å². The smallest absolute Gasteiger partial charge is 0.223 e. The summed E-state index contributed by atoms with van der Waals surface area (Å²) in [6.07, 6.45) is 0. The number of para-hydroxylation sites is 1. The number of likely N-dealkylation sites (N-methyl/N-ethyl adjacent to an activating group) is 1. The summed E-state index contributed by atoms with van der Waals surface area (Å²) in [5.74, 6) is 0.419. The molecule has 0 saturated carbocycles. The third kappa shape index (κ3) is 5.19. The van der Waals surface area contributed by atoms with Gasteiger partial charge < -0.3 is 10.1 Å². The van der Waals surface area contributed by atoms with Gasteiger partial charge in [0.05, 0.1) is 18.7 Å². The number of hydrogen-bond acceptors (Lipinski definition) is 4. The molecule has 0 radical (unpaired) electrons. The van der Waals surface area contributed by atoms with Crippen molar-refractivity contribution in [2.75, 3.05) is 33.8 Å². The van der Waals surface area contributed by atoms with Gasteiger partial charge in [-0.15, -0.1) is 0 Å². The first-order valence-corrected chi connectivity index (χ1v) is 7.14. The first-order valence-electron chi connectivity index (χ1n) is 7.14. The second-order valence-corrected chi connectivity index (χ2v) is 5.06. The Balaban J connectivity index is 2.66. The average molecular weight is 292 g/mol. The van der Waals surface area contributed by atoms with Gasteiger partial charge in [-0.3, -0.25) is 14.5 Å². The number of carbonyl (C=O) groups is 2. The molecule has 0 aliphatic carbocycles. The molecule has 0 fully saturated rings. The fourth-order valence-electron chi connectivity index (χ4n) is 2.17. The second-order valence-electron chi connectivity index (χ2n) is 5.06. The van der Waals surface area contributed by atoms with Crippen LogP contribution in [0.5, 0.6) is 5.75 Å². The standard InChI is InChI=1S/C16H24N2O3/c1-5-21-15-9-7-6-8-13(15)14(19)11-18(4)10-12(2)16(20)17-3/h6-9,12H,5,10-11H2,1-4H3,(H,17,20). The van der Waals surface area contributed by atoms with E-state index in [0.717, 1.165) is 0 Å². The SMILES string of the molecule is CCOc1ccccc1C(=O)CN(C)CC(C)C(=O)NC. The molecule has 1 aromatic rings. The lowest BCUT2D eigenvalue weighted by Crippen LogP contribution is -2.36. The van der Waals surface area contributed by atoms with Crippen LogP contribution in [-0.2, 0) is 4.79 Å². The van der Waals surface area contributed by atoms with Crippen molar-refractivity contribution in [2.45, 2.75) is 13.8 Å². The molecular formula is C16H24N2O3. The molecule has 1 aromatic carbocycles. The van der Waals surface area contributed by atoms with Gasteiger partial charge in [0.1, 0.15) is 5.75 Å². The van der Waals surface area contributed by atoms with Gasteiger partial charge >= 0.3 is 0 Å². The normalized spacial score (nSPS) is 12.0. The number of Topliss-reactive ketones (excluding diaryl/α,β-unsaturated/α-hetero) is 1. The van der Waals surface area contributed by atoms with Crippen LogP contribution in [0.2, 0.25) is 0 Å². The number of carbonyl (C=O) groups excluding carboxylic acids is 2. The van der Waals surface area contributed by atoms with E-state index < -0.39 is 0 Å². The number of amides is 1. The van der Waals surface area contributed by atoms with Crippen LogP contribution in [0, 0.1) is 5.92 Å². The van der Waals surface area contributed by atoms with E-state index in [-0.39, 0.29) is 24.2 Å². The monoisotopic (exact) mass is 292 g/mol. The topological polar surface area (TPSA) is 58.6 Å². The molecule has 1 rings (SSSR count). The number of nitrogens with one attached hydrogen (secondary N) is 1. The summed E-state index contributed by atoms with van der Waals surface area (Å²) in [7, 11) is 3.45. The van der Waals surface area contributed by atoms with E-state index in [1.54, 1.807) is 19.2 Å². The molecule has 0 bridgehead atoms. The largest absolute Gasteiger partial charge is 0.493 e. The summed E-state index contributed by atoms with van der Waals surface area (Å²) in [5.41, 5.74) is 0.582. The highest BCUT2D eigenvalue weighted by Crippen LogP contribution is 2.18. The summed E-state index contributed by atoms with van der Waals surface area (Å²) in [6, 6.07) is 7.23. The zero-order valence-electron chi connectivity index (χ0n) is 13.2. The lowest BCUT2D eigenvalue weighted by Gasteiger charge is -2.20. The molecule has 0 aliphatic rings. The lowest BCUT2D eigenvalue weighted by molar-refractivity contribution is -0.124. The first-order chi connectivity index (χ1) is 9.99. The Bertz CT molecular complexity index is 488.